The molecule has 0 unspecified atom stereocenters. The van der Waals surface area contributed by atoms with Crippen LogP contribution in [0.2, 0.25) is 0 Å². The molecule has 234 valence electrons. The van der Waals surface area contributed by atoms with Gasteiger partial charge in [0.2, 0.25) is 0 Å². The Balaban J connectivity index is 1.23. The SMILES string of the molecule is C1=C(c2ccccc2)NCC(c2cccc3oc4cc(N(C5=c6oc7ccccc7c6=CCC5)c5ccccc5)c5ccccc5c4c23)=C1. The van der Waals surface area contributed by atoms with Gasteiger partial charge in [0.15, 0.2) is 5.42 Å². The van der Waals surface area contributed by atoms with E-state index >= 15 is 0 Å². The molecule has 2 aromatic heterocycles. The Morgan fingerprint density at radius 2 is 1.33 bits per heavy atom. The summed E-state index contributed by atoms with van der Waals surface area (Å²) in [5.74, 6) is 0. The van der Waals surface area contributed by atoms with Crippen LogP contribution in [0.15, 0.2) is 154 Å². The number of fused-ring (bicyclic) bond motifs is 8. The highest BCUT2D eigenvalue weighted by atomic mass is 16.3. The third-order valence-corrected chi connectivity index (χ3v) is 9.98. The third-order valence-electron chi connectivity index (χ3n) is 9.98. The first-order valence-corrected chi connectivity index (χ1v) is 17.0. The van der Waals surface area contributed by atoms with Gasteiger partial charge in [-0.3, -0.25) is 0 Å². The number of para-hydroxylation sites is 2. The van der Waals surface area contributed by atoms with Crippen molar-refractivity contribution < 1.29 is 8.83 Å². The van der Waals surface area contributed by atoms with Gasteiger partial charge in [0.1, 0.15) is 16.7 Å². The maximum atomic E-state index is 6.79. The summed E-state index contributed by atoms with van der Waals surface area (Å²) in [4.78, 5) is 2.40. The zero-order valence-electron chi connectivity index (χ0n) is 26.8. The number of allylic oxidation sites excluding steroid dienone is 2. The predicted molar refractivity (Wildman–Crippen MR) is 203 cm³/mol. The molecule has 0 atom stereocenters. The van der Waals surface area contributed by atoms with Crippen LogP contribution in [0.4, 0.5) is 11.4 Å². The summed E-state index contributed by atoms with van der Waals surface area (Å²) in [6, 6.07) is 46.9. The molecule has 0 spiro atoms. The van der Waals surface area contributed by atoms with Gasteiger partial charge in [-0.2, -0.15) is 0 Å². The predicted octanol–water partition coefficient (Wildman–Crippen LogP) is 10.0. The first-order valence-electron chi connectivity index (χ1n) is 17.0. The third kappa shape index (κ3) is 4.45. The highest BCUT2D eigenvalue weighted by molar-refractivity contribution is 6.24. The Morgan fingerprint density at radius 3 is 2.14 bits per heavy atom. The number of dihydropyridines is 1. The minimum absolute atomic E-state index is 0.736. The standard InChI is InChI=1S/C45H32N2O2/c1-3-13-29(14-4-1)37-26-25-30(28-46-37)32-20-12-24-41-43(32)44-35-19-8-7-17-33(35)39(27-42(44)48-41)47(31-15-5-2-6-16-31)38-22-11-21-36-34-18-9-10-23-40(34)49-45(36)38/h1-10,12-21,23-27,46H,11,22,28H2. The molecule has 1 aliphatic heterocycles. The van der Waals surface area contributed by atoms with Gasteiger partial charge >= 0.3 is 0 Å². The van der Waals surface area contributed by atoms with E-state index in [0.717, 1.165) is 85.9 Å². The zero-order valence-corrected chi connectivity index (χ0v) is 26.8. The van der Waals surface area contributed by atoms with Crippen LogP contribution in [0.1, 0.15) is 24.0 Å². The fraction of sp³-hybridized carbons (Fsp3) is 0.0667. The molecule has 0 radical (unpaired) electrons. The molecule has 0 saturated heterocycles. The highest BCUT2D eigenvalue weighted by Gasteiger charge is 2.25. The molecule has 2 aliphatic rings. The summed E-state index contributed by atoms with van der Waals surface area (Å²) in [5, 5.41) is 10.6. The first kappa shape index (κ1) is 27.8. The van der Waals surface area contributed by atoms with E-state index in [0.29, 0.717) is 0 Å². The monoisotopic (exact) mass is 632 g/mol. The minimum atomic E-state index is 0.736. The molecule has 0 amide bonds. The Hall–Kier alpha value is -6.26. The number of benzene rings is 6. The Labute approximate surface area is 283 Å². The molecule has 6 aromatic carbocycles. The Morgan fingerprint density at radius 1 is 0.592 bits per heavy atom. The van der Waals surface area contributed by atoms with Gasteiger partial charge in [0.05, 0.1) is 11.4 Å². The molecular formula is C45H32N2O2. The first-order chi connectivity index (χ1) is 24.3. The number of rotatable bonds is 5. The molecule has 4 nitrogen and oxygen atoms in total. The average molecular weight is 633 g/mol. The van der Waals surface area contributed by atoms with Gasteiger partial charge in [-0.05, 0) is 65.3 Å². The van der Waals surface area contributed by atoms with Crippen LogP contribution in [-0.4, -0.2) is 6.54 Å². The fourth-order valence-electron chi connectivity index (χ4n) is 7.79. The Bertz CT molecular complexity index is 2770. The quantitative estimate of drug-likeness (QED) is 0.205. The smallest absolute Gasteiger partial charge is 0.154 e. The largest absolute Gasteiger partial charge is 0.456 e. The lowest BCUT2D eigenvalue weighted by atomic mass is 9.94. The summed E-state index contributed by atoms with van der Waals surface area (Å²) >= 11 is 0. The number of anilines is 2. The van der Waals surface area contributed by atoms with Crippen LogP contribution in [0, 0.1) is 0 Å². The molecule has 1 N–H and O–H groups in total. The van der Waals surface area contributed by atoms with Crippen molar-refractivity contribution in [2.45, 2.75) is 12.8 Å². The molecule has 0 bridgehead atoms. The number of furan rings is 2. The van der Waals surface area contributed by atoms with Gasteiger partial charge in [0, 0.05) is 50.8 Å². The molecular weight excluding hydrogens is 601 g/mol. The maximum absolute atomic E-state index is 6.79. The van der Waals surface area contributed by atoms with E-state index in [1.807, 2.05) is 6.07 Å². The molecule has 4 heteroatoms. The number of nitrogens with one attached hydrogen (secondary N) is 1. The van der Waals surface area contributed by atoms with E-state index in [2.05, 4.69) is 156 Å². The van der Waals surface area contributed by atoms with Gasteiger partial charge in [0.25, 0.3) is 0 Å². The van der Waals surface area contributed by atoms with Crippen LogP contribution in [0.25, 0.3) is 66.7 Å². The number of hydrogen-bond acceptors (Lipinski definition) is 4. The molecule has 10 rings (SSSR count). The van der Waals surface area contributed by atoms with Crippen LogP contribution in [0.3, 0.4) is 0 Å². The van der Waals surface area contributed by atoms with Crippen LogP contribution < -0.4 is 20.9 Å². The number of hydrogen-bond donors (Lipinski definition) is 1. The molecule has 0 fully saturated rings. The van der Waals surface area contributed by atoms with E-state index in [1.54, 1.807) is 0 Å². The lowest BCUT2D eigenvalue weighted by Crippen LogP contribution is -2.33. The van der Waals surface area contributed by atoms with E-state index in [-0.39, 0.29) is 0 Å². The van der Waals surface area contributed by atoms with E-state index < -0.39 is 0 Å². The van der Waals surface area contributed by atoms with Crippen molar-refractivity contribution in [3.05, 3.63) is 167 Å². The Kier molecular flexibility index (Phi) is 6.34. The molecule has 3 heterocycles. The molecule has 0 saturated carbocycles. The van der Waals surface area contributed by atoms with Crippen molar-refractivity contribution in [2.75, 3.05) is 11.4 Å². The fourth-order valence-corrected chi connectivity index (χ4v) is 7.79. The van der Waals surface area contributed by atoms with Gasteiger partial charge in [-0.25, -0.2) is 0 Å². The summed E-state index contributed by atoms with van der Waals surface area (Å²) in [7, 11) is 0. The van der Waals surface area contributed by atoms with E-state index in [9.17, 15) is 0 Å². The van der Waals surface area contributed by atoms with Crippen molar-refractivity contribution in [3.8, 4) is 0 Å². The van der Waals surface area contributed by atoms with E-state index in [1.165, 1.54) is 27.3 Å². The second kappa shape index (κ2) is 11.2. The zero-order chi connectivity index (χ0) is 32.3. The average Bonchev–Trinajstić information content (AvgIpc) is 3.75. The molecule has 8 aromatic rings. The van der Waals surface area contributed by atoms with Crippen molar-refractivity contribution in [3.63, 3.8) is 0 Å². The molecule has 1 aliphatic carbocycles. The second-order valence-electron chi connectivity index (χ2n) is 12.8. The van der Waals surface area contributed by atoms with Gasteiger partial charge in [-0.1, -0.05) is 115 Å². The topological polar surface area (TPSA) is 41.6 Å². The van der Waals surface area contributed by atoms with Gasteiger partial charge < -0.3 is 19.1 Å². The lowest BCUT2D eigenvalue weighted by molar-refractivity contribution is 0.566. The lowest BCUT2D eigenvalue weighted by Gasteiger charge is -2.29. The summed E-state index contributed by atoms with van der Waals surface area (Å²) in [6.45, 7) is 0.736. The van der Waals surface area contributed by atoms with Crippen molar-refractivity contribution >= 4 is 78.1 Å². The van der Waals surface area contributed by atoms with Crippen LogP contribution >= 0.6 is 0 Å². The maximum Gasteiger partial charge on any atom is 0.154 e. The summed E-state index contributed by atoms with van der Waals surface area (Å²) in [5.41, 5.74) is 11.7. The van der Waals surface area contributed by atoms with Gasteiger partial charge in [-0.15, -0.1) is 0 Å². The van der Waals surface area contributed by atoms with E-state index in [4.69, 9.17) is 8.83 Å². The molecule has 49 heavy (non-hydrogen) atoms. The normalized spacial score (nSPS) is 14.4. The number of nitrogens with zero attached hydrogens (tertiary/aromatic N) is 1. The van der Waals surface area contributed by atoms with Crippen molar-refractivity contribution in [1.29, 1.82) is 0 Å². The van der Waals surface area contributed by atoms with Crippen molar-refractivity contribution in [2.24, 2.45) is 0 Å². The van der Waals surface area contributed by atoms with Crippen LogP contribution in [0.5, 0.6) is 0 Å². The highest BCUT2D eigenvalue weighted by Crippen LogP contribution is 2.45. The van der Waals surface area contributed by atoms with Crippen LogP contribution in [-0.2, 0) is 0 Å². The van der Waals surface area contributed by atoms with Crippen molar-refractivity contribution in [1.82, 2.24) is 5.32 Å². The minimum Gasteiger partial charge on any atom is -0.456 e. The summed E-state index contributed by atoms with van der Waals surface area (Å²) in [6.07, 6.45) is 8.56. The second-order valence-corrected chi connectivity index (χ2v) is 12.8. The summed E-state index contributed by atoms with van der Waals surface area (Å²) < 4.78 is 13.4.